The van der Waals surface area contributed by atoms with Crippen molar-refractivity contribution < 1.29 is 13.5 Å². The molecular weight excluding hydrogens is 337 g/mol. The Morgan fingerprint density at radius 3 is 2.88 bits per heavy atom. The molecule has 1 aliphatic rings. The number of hydrazine groups is 1. The largest absolute Gasteiger partial charge is 0.423 e. The number of ether oxygens (including phenoxy) is 1. The lowest BCUT2D eigenvalue weighted by atomic mass is 10.2. The van der Waals surface area contributed by atoms with Crippen LogP contribution in [0.25, 0.3) is 5.69 Å². The van der Waals surface area contributed by atoms with Crippen molar-refractivity contribution in [3.05, 3.63) is 95.2 Å². The minimum atomic E-state index is -0.450. The van der Waals surface area contributed by atoms with Gasteiger partial charge in [0.15, 0.2) is 0 Å². The summed E-state index contributed by atoms with van der Waals surface area (Å²) in [6.45, 7) is 0.285. The van der Waals surface area contributed by atoms with Crippen LogP contribution in [0.4, 0.5) is 10.1 Å². The Hall–Kier alpha value is -3.16. The van der Waals surface area contributed by atoms with Gasteiger partial charge >= 0.3 is 5.76 Å². The SMILES string of the molecule is O=c1occn1-c1ccccc1COC1C=CN(c2cccc(F)c2)N1. The number of benzene rings is 2. The van der Waals surface area contributed by atoms with Crippen molar-refractivity contribution in [2.24, 2.45) is 0 Å². The number of aromatic nitrogens is 1. The van der Waals surface area contributed by atoms with Gasteiger partial charge in [0.25, 0.3) is 0 Å². The minimum absolute atomic E-state index is 0.285. The van der Waals surface area contributed by atoms with Crippen LogP contribution in [0.15, 0.2) is 82.5 Å². The first kappa shape index (κ1) is 16.3. The van der Waals surface area contributed by atoms with Gasteiger partial charge < -0.3 is 9.15 Å². The van der Waals surface area contributed by atoms with Crippen LogP contribution in [0.5, 0.6) is 0 Å². The van der Waals surface area contributed by atoms with Crippen molar-refractivity contribution in [2.45, 2.75) is 12.8 Å². The topological polar surface area (TPSA) is 59.6 Å². The van der Waals surface area contributed by atoms with Crippen LogP contribution in [0, 0.1) is 5.82 Å². The highest BCUT2D eigenvalue weighted by Gasteiger charge is 2.18. The molecule has 0 amide bonds. The predicted molar refractivity (Wildman–Crippen MR) is 94.0 cm³/mol. The molecule has 4 rings (SSSR count). The van der Waals surface area contributed by atoms with Gasteiger partial charge in [-0.25, -0.2) is 13.8 Å². The number of oxazole rings is 1. The fraction of sp³-hybridized carbons (Fsp3) is 0.105. The maximum absolute atomic E-state index is 13.4. The molecule has 0 radical (unpaired) electrons. The van der Waals surface area contributed by atoms with Gasteiger partial charge in [0, 0.05) is 11.8 Å². The Labute approximate surface area is 148 Å². The zero-order chi connectivity index (χ0) is 17.9. The number of hydrogen-bond acceptors (Lipinski definition) is 5. The van der Waals surface area contributed by atoms with Gasteiger partial charge in [-0.2, -0.15) is 5.43 Å². The first-order valence-corrected chi connectivity index (χ1v) is 8.06. The van der Waals surface area contributed by atoms with Crippen molar-refractivity contribution in [3.8, 4) is 5.69 Å². The van der Waals surface area contributed by atoms with E-state index >= 15 is 0 Å². The van der Waals surface area contributed by atoms with E-state index in [0.717, 1.165) is 5.56 Å². The molecule has 0 aliphatic carbocycles. The maximum Gasteiger partial charge on any atom is 0.423 e. The molecule has 6 nitrogen and oxygen atoms in total. The highest BCUT2D eigenvalue weighted by Crippen LogP contribution is 2.19. The second-order valence-electron chi connectivity index (χ2n) is 5.72. The van der Waals surface area contributed by atoms with Gasteiger partial charge in [0.05, 0.1) is 24.2 Å². The molecule has 0 bridgehead atoms. The highest BCUT2D eigenvalue weighted by molar-refractivity contribution is 5.49. The summed E-state index contributed by atoms with van der Waals surface area (Å²) in [4.78, 5) is 11.8. The molecule has 3 aromatic rings. The average molecular weight is 353 g/mol. The summed E-state index contributed by atoms with van der Waals surface area (Å²) in [5, 5.41) is 1.69. The lowest BCUT2D eigenvalue weighted by Crippen LogP contribution is -2.36. The van der Waals surface area contributed by atoms with Crippen LogP contribution in [0.2, 0.25) is 0 Å². The van der Waals surface area contributed by atoms with Crippen LogP contribution in [-0.4, -0.2) is 10.8 Å². The third-order valence-corrected chi connectivity index (χ3v) is 4.01. The summed E-state index contributed by atoms with van der Waals surface area (Å²) in [7, 11) is 0. The molecule has 1 aromatic heterocycles. The van der Waals surface area contributed by atoms with Crippen molar-refractivity contribution in [1.82, 2.24) is 9.99 Å². The Kier molecular flexibility index (Phi) is 4.39. The number of para-hydroxylation sites is 1. The summed E-state index contributed by atoms with van der Waals surface area (Å²) in [6.07, 6.45) is 6.16. The van der Waals surface area contributed by atoms with E-state index in [-0.39, 0.29) is 18.7 Å². The summed E-state index contributed by atoms with van der Waals surface area (Å²) in [5.41, 5.74) is 5.34. The van der Waals surface area contributed by atoms with E-state index in [1.807, 2.05) is 30.3 Å². The summed E-state index contributed by atoms with van der Waals surface area (Å²) in [5.74, 6) is -0.754. The average Bonchev–Trinajstić information content (AvgIpc) is 3.29. The fourth-order valence-corrected chi connectivity index (χ4v) is 2.76. The van der Waals surface area contributed by atoms with E-state index < -0.39 is 5.76 Å². The third-order valence-electron chi connectivity index (χ3n) is 4.01. The molecule has 1 N–H and O–H groups in total. The third kappa shape index (κ3) is 3.30. The lowest BCUT2D eigenvalue weighted by molar-refractivity contribution is 0.0556. The van der Waals surface area contributed by atoms with Gasteiger partial charge in [-0.15, -0.1) is 0 Å². The van der Waals surface area contributed by atoms with Crippen LogP contribution < -0.4 is 16.2 Å². The molecular formula is C19H16FN3O3. The quantitative estimate of drug-likeness (QED) is 0.764. The summed E-state index contributed by atoms with van der Waals surface area (Å²) >= 11 is 0. The number of hydrogen-bond donors (Lipinski definition) is 1. The molecule has 1 unspecified atom stereocenters. The Morgan fingerprint density at radius 1 is 1.19 bits per heavy atom. The standard InChI is InChI=1S/C19H16FN3O3/c20-15-5-3-6-16(12-15)23-9-8-18(21-23)26-13-14-4-1-2-7-17(14)22-10-11-25-19(22)24/h1-12,18,21H,13H2. The highest BCUT2D eigenvalue weighted by atomic mass is 19.1. The van der Waals surface area contributed by atoms with Gasteiger partial charge in [0.1, 0.15) is 18.3 Å². The summed E-state index contributed by atoms with van der Waals surface area (Å²) in [6, 6.07) is 13.7. The number of halogens is 1. The number of nitrogens with zero attached hydrogens (tertiary/aromatic N) is 2. The first-order valence-electron chi connectivity index (χ1n) is 8.06. The van der Waals surface area contributed by atoms with Crippen molar-refractivity contribution in [2.75, 3.05) is 5.01 Å². The van der Waals surface area contributed by atoms with Gasteiger partial charge in [0.2, 0.25) is 0 Å². The Morgan fingerprint density at radius 2 is 2.08 bits per heavy atom. The minimum Gasteiger partial charge on any atom is -0.416 e. The van der Waals surface area contributed by atoms with Crippen LogP contribution >= 0.6 is 0 Å². The normalized spacial score (nSPS) is 16.3. The van der Waals surface area contributed by atoms with Crippen molar-refractivity contribution in [1.29, 1.82) is 0 Å². The number of anilines is 1. The predicted octanol–water partition coefficient (Wildman–Crippen LogP) is 2.95. The van der Waals surface area contributed by atoms with Crippen LogP contribution in [-0.2, 0) is 11.3 Å². The maximum atomic E-state index is 13.4. The number of rotatable bonds is 5. The molecule has 132 valence electrons. The summed E-state index contributed by atoms with van der Waals surface area (Å²) < 4.78 is 25.5. The monoisotopic (exact) mass is 353 g/mol. The van der Waals surface area contributed by atoms with Gasteiger partial charge in [-0.05, 0) is 30.3 Å². The number of nitrogens with one attached hydrogen (secondary N) is 1. The van der Waals surface area contributed by atoms with Crippen LogP contribution in [0.3, 0.4) is 0 Å². The van der Waals surface area contributed by atoms with E-state index in [0.29, 0.717) is 11.4 Å². The molecule has 7 heteroatoms. The first-order chi connectivity index (χ1) is 12.7. The second-order valence-corrected chi connectivity index (χ2v) is 5.72. The van der Waals surface area contributed by atoms with E-state index in [9.17, 15) is 9.18 Å². The molecule has 2 aromatic carbocycles. The zero-order valence-electron chi connectivity index (χ0n) is 13.7. The lowest BCUT2D eigenvalue weighted by Gasteiger charge is -2.20. The fourth-order valence-electron chi connectivity index (χ4n) is 2.76. The van der Waals surface area contributed by atoms with E-state index in [4.69, 9.17) is 9.15 Å². The Bertz CT molecular complexity index is 995. The van der Waals surface area contributed by atoms with Gasteiger partial charge in [-0.3, -0.25) is 5.01 Å². The Balaban J connectivity index is 1.44. The smallest absolute Gasteiger partial charge is 0.416 e. The van der Waals surface area contributed by atoms with Crippen LogP contribution in [0.1, 0.15) is 5.56 Å². The van der Waals surface area contributed by atoms with E-state index in [1.54, 1.807) is 29.5 Å². The molecule has 0 fully saturated rings. The van der Waals surface area contributed by atoms with Crippen molar-refractivity contribution >= 4 is 5.69 Å². The zero-order valence-corrected chi connectivity index (χ0v) is 13.7. The molecule has 2 heterocycles. The molecule has 0 spiro atoms. The molecule has 0 saturated carbocycles. The van der Waals surface area contributed by atoms with E-state index in [1.165, 1.54) is 23.0 Å². The molecule has 0 saturated heterocycles. The second kappa shape index (κ2) is 6.99. The van der Waals surface area contributed by atoms with E-state index in [2.05, 4.69) is 5.43 Å². The van der Waals surface area contributed by atoms with Crippen molar-refractivity contribution in [3.63, 3.8) is 0 Å². The molecule has 1 atom stereocenters. The molecule has 1 aliphatic heterocycles. The molecule has 26 heavy (non-hydrogen) atoms. The van der Waals surface area contributed by atoms with Gasteiger partial charge in [-0.1, -0.05) is 24.3 Å².